The van der Waals surface area contributed by atoms with Crippen molar-refractivity contribution in [2.75, 3.05) is 18.4 Å². The summed E-state index contributed by atoms with van der Waals surface area (Å²) in [6.45, 7) is 1.68. The smallest absolute Gasteiger partial charge is 0.168 e. The molecule has 1 saturated heterocycles. The van der Waals surface area contributed by atoms with Gasteiger partial charge in [0.05, 0.1) is 18.0 Å². The lowest BCUT2D eigenvalue weighted by molar-refractivity contribution is 0.303. The minimum atomic E-state index is -0.718. The van der Waals surface area contributed by atoms with Crippen LogP contribution in [0.25, 0.3) is 17.0 Å². The van der Waals surface area contributed by atoms with Gasteiger partial charge in [-0.1, -0.05) is 0 Å². The van der Waals surface area contributed by atoms with Crippen LogP contribution in [0.5, 0.6) is 5.75 Å². The Morgan fingerprint density at radius 3 is 2.86 bits per heavy atom. The zero-order valence-corrected chi connectivity index (χ0v) is 15.3. The highest BCUT2D eigenvalue weighted by Crippen LogP contribution is 2.30. The van der Waals surface area contributed by atoms with Crippen molar-refractivity contribution in [1.82, 2.24) is 19.7 Å². The molecule has 28 heavy (non-hydrogen) atoms. The third kappa shape index (κ3) is 3.40. The van der Waals surface area contributed by atoms with Crippen LogP contribution in [-0.4, -0.2) is 39.6 Å². The first-order valence-electron chi connectivity index (χ1n) is 9.65. The molecule has 0 radical (unpaired) electrons. The quantitative estimate of drug-likeness (QED) is 0.705. The molecule has 6 nitrogen and oxygen atoms in total. The van der Waals surface area contributed by atoms with E-state index in [1.54, 1.807) is 16.8 Å². The summed E-state index contributed by atoms with van der Waals surface area (Å²) in [6.07, 6.45) is 7.68. The molecule has 0 amide bonds. The molecule has 4 heterocycles. The number of aromatic nitrogens is 3. The number of anilines is 1. The molecular formula is C20H21F2N5O. The second-order valence-corrected chi connectivity index (χ2v) is 7.39. The van der Waals surface area contributed by atoms with Crippen molar-refractivity contribution in [3.63, 3.8) is 0 Å². The summed E-state index contributed by atoms with van der Waals surface area (Å²) in [5.41, 5.74) is 1.16. The Bertz CT molecular complexity index is 1010. The van der Waals surface area contributed by atoms with Gasteiger partial charge in [0.1, 0.15) is 17.1 Å². The maximum absolute atomic E-state index is 14.6. The zero-order chi connectivity index (χ0) is 19.1. The number of hydrogen-bond acceptors (Lipinski definition) is 5. The maximum atomic E-state index is 14.6. The number of fused-ring (bicyclic) bond motifs is 1. The van der Waals surface area contributed by atoms with Crippen LogP contribution in [0.1, 0.15) is 25.7 Å². The van der Waals surface area contributed by atoms with Crippen LogP contribution < -0.4 is 15.4 Å². The number of piperidine rings is 1. The Labute approximate surface area is 160 Å². The third-order valence-corrected chi connectivity index (χ3v) is 5.12. The molecule has 2 fully saturated rings. The van der Waals surface area contributed by atoms with E-state index in [1.165, 1.54) is 0 Å². The fraction of sp³-hybridized carbons (Fsp3) is 0.400. The van der Waals surface area contributed by atoms with E-state index in [0.717, 1.165) is 50.6 Å². The second kappa shape index (κ2) is 7.01. The fourth-order valence-corrected chi connectivity index (χ4v) is 3.50. The molecule has 8 heteroatoms. The van der Waals surface area contributed by atoms with Gasteiger partial charge in [0.25, 0.3) is 0 Å². The van der Waals surface area contributed by atoms with Crippen molar-refractivity contribution in [3.05, 3.63) is 42.2 Å². The largest absolute Gasteiger partial charge is 0.490 e. The van der Waals surface area contributed by atoms with Crippen LogP contribution in [0, 0.1) is 11.6 Å². The van der Waals surface area contributed by atoms with Crippen LogP contribution in [-0.2, 0) is 0 Å². The normalized spacial score (nSPS) is 19.7. The molecule has 1 aliphatic carbocycles. The van der Waals surface area contributed by atoms with Crippen molar-refractivity contribution in [1.29, 1.82) is 0 Å². The van der Waals surface area contributed by atoms with Gasteiger partial charge in [-0.05, 0) is 38.3 Å². The SMILES string of the molecule is Fc1cc(F)c(-c2cnc3cc(OC4CC4)ccn23)nc1NC1CCCNC1. The van der Waals surface area contributed by atoms with Crippen LogP contribution in [0.2, 0.25) is 0 Å². The van der Waals surface area contributed by atoms with Gasteiger partial charge in [0, 0.05) is 30.9 Å². The highest BCUT2D eigenvalue weighted by atomic mass is 19.1. The van der Waals surface area contributed by atoms with Gasteiger partial charge in [-0.2, -0.15) is 0 Å². The molecule has 0 aromatic carbocycles. The number of ether oxygens (including phenoxy) is 1. The monoisotopic (exact) mass is 385 g/mol. The summed E-state index contributed by atoms with van der Waals surface area (Å²) >= 11 is 0. The molecule has 2 N–H and O–H groups in total. The molecule has 3 aromatic rings. The van der Waals surface area contributed by atoms with Gasteiger partial charge in [0.15, 0.2) is 17.5 Å². The lowest BCUT2D eigenvalue weighted by Gasteiger charge is -2.24. The second-order valence-electron chi connectivity index (χ2n) is 7.39. The Morgan fingerprint density at radius 1 is 1.18 bits per heavy atom. The molecular weight excluding hydrogens is 364 g/mol. The molecule has 3 aromatic heterocycles. The summed E-state index contributed by atoms with van der Waals surface area (Å²) in [5.74, 6) is -0.605. The first-order valence-corrected chi connectivity index (χ1v) is 9.65. The summed E-state index contributed by atoms with van der Waals surface area (Å²) in [7, 11) is 0. The molecule has 146 valence electrons. The van der Waals surface area contributed by atoms with E-state index in [9.17, 15) is 8.78 Å². The number of hydrogen-bond donors (Lipinski definition) is 2. The summed E-state index contributed by atoms with van der Waals surface area (Å²) in [6, 6.07) is 4.59. The number of halogens is 2. The Balaban J connectivity index is 1.48. The molecule has 1 unspecified atom stereocenters. The highest BCUT2D eigenvalue weighted by molar-refractivity contribution is 5.63. The van der Waals surface area contributed by atoms with Gasteiger partial charge in [-0.15, -0.1) is 0 Å². The Morgan fingerprint density at radius 2 is 2.07 bits per heavy atom. The van der Waals surface area contributed by atoms with E-state index in [-0.39, 0.29) is 23.7 Å². The van der Waals surface area contributed by atoms with Crippen LogP contribution in [0.3, 0.4) is 0 Å². The standard InChI is InChI=1S/C20H21F2N5O/c21-15-9-16(22)20(25-12-2-1-6-23-10-12)26-19(15)17-11-24-18-8-14(5-7-27(17)18)28-13-3-4-13/h5,7-9,11-13,23H,1-4,6,10H2,(H,25,26). The van der Waals surface area contributed by atoms with Crippen molar-refractivity contribution < 1.29 is 13.5 Å². The van der Waals surface area contributed by atoms with Crippen LogP contribution in [0.4, 0.5) is 14.6 Å². The van der Waals surface area contributed by atoms with Crippen molar-refractivity contribution >= 4 is 11.5 Å². The van der Waals surface area contributed by atoms with E-state index >= 15 is 0 Å². The fourth-order valence-electron chi connectivity index (χ4n) is 3.50. The molecule has 0 spiro atoms. The first-order chi connectivity index (χ1) is 13.7. The molecule has 1 atom stereocenters. The van der Waals surface area contributed by atoms with Gasteiger partial charge >= 0.3 is 0 Å². The number of pyridine rings is 2. The molecule has 1 aliphatic heterocycles. The predicted octanol–water partition coefficient (Wildman–Crippen LogP) is 3.38. The lowest BCUT2D eigenvalue weighted by atomic mass is 10.1. The van der Waals surface area contributed by atoms with Crippen molar-refractivity contribution in [2.24, 2.45) is 0 Å². The van der Waals surface area contributed by atoms with E-state index in [2.05, 4.69) is 20.6 Å². The predicted molar refractivity (Wildman–Crippen MR) is 102 cm³/mol. The van der Waals surface area contributed by atoms with Gasteiger partial charge in [-0.3, -0.25) is 4.40 Å². The molecule has 2 aliphatic rings. The van der Waals surface area contributed by atoms with Gasteiger partial charge in [-0.25, -0.2) is 18.7 Å². The number of nitrogens with zero attached hydrogens (tertiary/aromatic N) is 3. The Hall–Kier alpha value is -2.74. The van der Waals surface area contributed by atoms with Crippen molar-refractivity contribution in [2.45, 2.75) is 37.8 Å². The first kappa shape index (κ1) is 17.4. The average molecular weight is 385 g/mol. The summed E-state index contributed by atoms with van der Waals surface area (Å²) in [5, 5.41) is 6.36. The minimum Gasteiger partial charge on any atom is -0.490 e. The van der Waals surface area contributed by atoms with Gasteiger partial charge < -0.3 is 15.4 Å². The van der Waals surface area contributed by atoms with E-state index in [0.29, 0.717) is 11.3 Å². The van der Waals surface area contributed by atoms with Crippen LogP contribution >= 0.6 is 0 Å². The maximum Gasteiger partial charge on any atom is 0.168 e. The number of imidazole rings is 1. The van der Waals surface area contributed by atoms with E-state index < -0.39 is 11.6 Å². The zero-order valence-electron chi connectivity index (χ0n) is 15.3. The average Bonchev–Trinajstić information content (AvgIpc) is 3.41. The number of nitrogens with one attached hydrogen (secondary N) is 2. The summed E-state index contributed by atoms with van der Waals surface area (Å²) < 4.78 is 36.4. The van der Waals surface area contributed by atoms with Crippen molar-refractivity contribution in [3.8, 4) is 17.1 Å². The third-order valence-electron chi connectivity index (χ3n) is 5.12. The van der Waals surface area contributed by atoms with E-state index in [4.69, 9.17) is 4.74 Å². The van der Waals surface area contributed by atoms with Crippen LogP contribution in [0.15, 0.2) is 30.6 Å². The van der Waals surface area contributed by atoms with E-state index in [1.807, 2.05) is 12.1 Å². The summed E-state index contributed by atoms with van der Waals surface area (Å²) in [4.78, 5) is 8.60. The van der Waals surface area contributed by atoms with Gasteiger partial charge in [0.2, 0.25) is 0 Å². The lowest BCUT2D eigenvalue weighted by Crippen LogP contribution is -2.38. The Kier molecular flexibility index (Phi) is 4.35. The molecule has 1 saturated carbocycles. The minimum absolute atomic E-state index is 0.0636. The highest BCUT2D eigenvalue weighted by Gasteiger charge is 2.24. The molecule has 5 rings (SSSR count). The molecule has 0 bridgehead atoms. The topological polar surface area (TPSA) is 63.5 Å². The number of rotatable bonds is 5.